The van der Waals surface area contributed by atoms with E-state index in [2.05, 4.69) is 4.72 Å². The molecule has 8 heteroatoms. The molecule has 132 valence electrons. The van der Waals surface area contributed by atoms with Gasteiger partial charge >= 0.3 is 0 Å². The van der Waals surface area contributed by atoms with Crippen molar-refractivity contribution in [2.24, 2.45) is 0 Å². The van der Waals surface area contributed by atoms with E-state index >= 15 is 0 Å². The highest BCUT2D eigenvalue weighted by Crippen LogP contribution is 2.23. The van der Waals surface area contributed by atoms with Crippen molar-refractivity contribution >= 4 is 33.2 Å². The van der Waals surface area contributed by atoms with Crippen LogP contribution in [-0.2, 0) is 10.0 Å². The maximum Gasteiger partial charge on any atom is 0.264 e. The molecule has 2 aromatic carbocycles. The maximum absolute atomic E-state index is 13.9. The number of hydrogen-bond acceptors (Lipinski definition) is 3. The minimum Gasteiger partial charge on any atom is -0.339 e. The molecule has 0 aliphatic carbocycles. The van der Waals surface area contributed by atoms with E-state index in [-0.39, 0.29) is 16.6 Å². The minimum absolute atomic E-state index is 0.106. The third-order valence-corrected chi connectivity index (χ3v) is 5.59. The topological polar surface area (TPSA) is 66.5 Å². The third kappa shape index (κ3) is 3.93. The fourth-order valence-electron chi connectivity index (χ4n) is 2.72. The van der Waals surface area contributed by atoms with Gasteiger partial charge < -0.3 is 4.90 Å². The van der Waals surface area contributed by atoms with Gasteiger partial charge in [-0.15, -0.1) is 0 Å². The Labute approximate surface area is 150 Å². The molecule has 3 rings (SSSR count). The summed E-state index contributed by atoms with van der Waals surface area (Å²) < 4.78 is 41.0. The van der Waals surface area contributed by atoms with Crippen LogP contribution < -0.4 is 4.72 Å². The van der Waals surface area contributed by atoms with Gasteiger partial charge in [0.2, 0.25) is 0 Å². The summed E-state index contributed by atoms with van der Waals surface area (Å²) >= 11 is 5.65. The van der Waals surface area contributed by atoms with Gasteiger partial charge in [0.15, 0.2) is 0 Å². The summed E-state index contributed by atoms with van der Waals surface area (Å²) in [4.78, 5) is 13.6. The zero-order valence-corrected chi connectivity index (χ0v) is 14.8. The Bertz CT molecular complexity index is 912. The number of hydrogen-bond donors (Lipinski definition) is 1. The van der Waals surface area contributed by atoms with Crippen molar-refractivity contribution in [3.63, 3.8) is 0 Å². The zero-order chi connectivity index (χ0) is 18.0. The lowest BCUT2D eigenvalue weighted by atomic mass is 10.2. The van der Waals surface area contributed by atoms with Crippen molar-refractivity contribution in [2.45, 2.75) is 17.7 Å². The van der Waals surface area contributed by atoms with E-state index in [0.29, 0.717) is 18.7 Å². The molecular weight excluding hydrogens is 367 g/mol. The third-order valence-electron chi connectivity index (χ3n) is 3.94. The predicted molar refractivity (Wildman–Crippen MR) is 93.8 cm³/mol. The van der Waals surface area contributed by atoms with Crippen LogP contribution in [0.25, 0.3) is 0 Å². The molecule has 1 aliphatic rings. The molecule has 0 spiro atoms. The number of carbonyl (C=O) groups excluding carboxylic acids is 1. The van der Waals surface area contributed by atoms with Crippen molar-refractivity contribution in [3.05, 3.63) is 58.9 Å². The van der Waals surface area contributed by atoms with E-state index in [0.717, 1.165) is 25.0 Å². The molecule has 2 aromatic rings. The smallest absolute Gasteiger partial charge is 0.264 e. The molecule has 5 nitrogen and oxygen atoms in total. The summed E-state index contributed by atoms with van der Waals surface area (Å²) in [5, 5.41) is 0.106. The molecular formula is C17H16ClFN2O3S. The second-order valence-corrected chi connectivity index (χ2v) is 7.85. The zero-order valence-electron chi connectivity index (χ0n) is 13.2. The number of carbonyl (C=O) groups is 1. The van der Waals surface area contributed by atoms with E-state index in [1.165, 1.54) is 18.2 Å². The van der Waals surface area contributed by atoms with Crippen LogP contribution in [0.2, 0.25) is 5.02 Å². The summed E-state index contributed by atoms with van der Waals surface area (Å²) in [6, 6.07) is 9.49. The Balaban J connectivity index is 1.85. The SMILES string of the molecule is O=C(c1cccc(NS(=O)(=O)c2ccc(Cl)cc2F)c1)N1CCCC1. The van der Waals surface area contributed by atoms with Gasteiger partial charge in [0, 0.05) is 29.4 Å². The summed E-state index contributed by atoms with van der Waals surface area (Å²) in [5.41, 5.74) is 0.582. The number of rotatable bonds is 4. The summed E-state index contributed by atoms with van der Waals surface area (Å²) in [6.07, 6.45) is 1.93. The minimum atomic E-state index is -4.13. The van der Waals surface area contributed by atoms with Gasteiger partial charge in [-0.3, -0.25) is 9.52 Å². The van der Waals surface area contributed by atoms with Crippen molar-refractivity contribution in [1.82, 2.24) is 4.90 Å². The van der Waals surface area contributed by atoms with Crippen LogP contribution in [0.4, 0.5) is 10.1 Å². The fraction of sp³-hybridized carbons (Fsp3) is 0.235. The quantitative estimate of drug-likeness (QED) is 0.879. The number of likely N-dealkylation sites (tertiary alicyclic amines) is 1. The number of amides is 1. The first-order valence-electron chi connectivity index (χ1n) is 7.74. The van der Waals surface area contributed by atoms with E-state index in [1.54, 1.807) is 17.0 Å². The van der Waals surface area contributed by atoms with Crippen LogP contribution in [0.5, 0.6) is 0 Å². The first-order valence-corrected chi connectivity index (χ1v) is 9.60. The Hall–Kier alpha value is -2.12. The van der Waals surface area contributed by atoms with Crippen LogP contribution in [-0.4, -0.2) is 32.3 Å². The van der Waals surface area contributed by atoms with Crippen LogP contribution >= 0.6 is 11.6 Å². The second kappa shape index (κ2) is 7.01. The molecule has 0 radical (unpaired) electrons. The monoisotopic (exact) mass is 382 g/mol. The van der Waals surface area contributed by atoms with Crippen LogP contribution in [0, 0.1) is 5.82 Å². The number of nitrogens with zero attached hydrogens (tertiary/aromatic N) is 1. The van der Waals surface area contributed by atoms with Crippen molar-refractivity contribution < 1.29 is 17.6 Å². The molecule has 1 N–H and O–H groups in total. The summed E-state index contributed by atoms with van der Waals surface area (Å²) in [7, 11) is -4.13. The normalized spacial score (nSPS) is 14.6. The maximum atomic E-state index is 13.9. The lowest BCUT2D eigenvalue weighted by Gasteiger charge is -2.16. The first-order chi connectivity index (χ1) is 11.9. The van der Waals surface area contributed by atoms with E-state index in [4.69, 9.17) is 11.6 Å². The van der Waals surface area contributed by atoms with E-state index < -0.39 is 20.7 Å². The van der Waals surface area contributed by atoms with Crippen molar-refractivity contribution in [2.75, 3.05) is 17.8 Å². The van der Waals surface area contributed by atoms with Gasteiger partial charge in [-0.2, -0.15) is 0 Å². The number of benzene rings is 2. The fourth-order valence-corrected chi connectivity index (χ4v) is 3.99. The molecule has 1 saturated heterocycles. The lowest BCUT2D eigenvalue weighted by molar-refractivity contribution is 0.0793. The van der Waals surface area contributed by atoms with Gasteiger partial charge in [-0.25, -0.2) is 12.8 Å². The molecule has 0 aromatic heterocycles. The predicted octanol–water partition coefficient (Wildman–Crippen LogP) is 3.52. The number of anilines is 1. The van der Waals surface area contributed by atoms with E-state index in [9.17, 15) is 17.6 Å². The molecule has 0 atom stereocenters. The molecule has 1 aliphatic heterocycles. The highest BCUT2D eigenvalue weighted by molar-refractivity contribution is 7.92. The second-order valence-electron chi connectivity index (χ2n) is 5.76. The van der Waals surface area contributed by atoms with E-state index in [1.807, 2.05) is 0 Å². The van der Waals surface area contributed by atoms with Crippen molar-refractivity contribution in [3.8, 4) is 0 Å². The van der Waals surface area contributed by atoms with Crippen LogP contribution in [0.1, 0.15) is 23.2 Å². The van der Waals surface area contributed by atoms with Gasteiger partial charge in [-0.1, -0.05) is 17.7 Å². The Morgan fingerprint density at radius 3 is 2.52 bits per heavy atom. The molecule has 25 heavy (non-hydrogen) atoms. The Morgan fingerprint density at radius 1 is 1.12 bits per heavy atom. The number of sulfonamides is 1. The largest absolute Gasteiger partial charge is 0.339 e. The molecule has 1 fully saturated rings. The highest BCUT2D eigenvalue weighted by atomic mass is 35.5. The van der Waals surface area contributed by atoms with Gasteiger partial charge in [0.1, 0.15) is 10.7 Å². The summed E-state index contributed by atoms with van der Waals surface area (Å²) in [5.74, 6) is -1.08. The standard InChI is InChI=1S/C17H16ClFN2O3S/c18-13-6-7-16(15(19)11-13)25(23,24)20-14-5-3-4-12(10-14)17(22)21-8-1-2-9-21/h3-7,10-11,20H,1-2,8-9H2. The molecule has 1 heterocycles. The molecule has 0 unspecified atom stereocenters. The summed E-state index contributed by atoms with van der Waals surface area (Å²) in [6.45, 7) is 1.40. The van der Waals surface area contributed by atoms with Crippen LogP contribution in [0.15, 0.2) is 47.4 Å². The van der Waals surface area contributed by atoms with Gasteiger partial charge in [0.25, 0.3) is 15.9 Å². The van der Waals surface area contributed by atoms with Gasteiger partial charge in [-0.05, 0) is 49.2 Å². The Morgan fingerprint density at radius 2 is 1.84 bits per heavy atom. The first kappa shape index (κ1) is 17.7. The number of halogens is 2. The highest BCUT2D eigenvalue weighted by Gasteiger charge is 2.22. The average Bonchev–Trinajstić information content (AvgIpc) is 3.08. The lowest BCUT2D eigenvalue weighted by Crippen LogP contribution is -2.27. The van der Waals surface area contributed by atoms with Gasteiger partial charge in [0.05, 0.1) is 0 Å². The van der Waals surface area contributed by atoms with Crippen molar-refractivity contribution in [1.29, 1.82) is 0 Å². The molecule has 1 amide bonds. The number of nitrogens with one attached hydrogen (secondary N) is 1. The van der Waals surface area contributed by atoms with Crippen LogP contribution in [0.3, 0.4) is 0 Å². The molecule has 0 saturated carbocycles. The average molecular weight is 383 g/mol. The molecule has 0 bridgehead atoms. The Kier molecular flexibility index (Phi) is 4.96.